The highest BCUT2D eigenvalue weighted by molar-refractivity contribution is 6.35. The molecule has 16 heavy (non-hydrogen) atoms. The van der Waals surface area contributed by atoms with Crippen LogP contribution in [0.5, 0.6) is 5.75 Å². The van der Waals surface area contributed by atoms with Crippen LogP contribution in [0.3, 0.4) is 0 Å². The number of aliphatic carboxylic acids is 1. The number of hydrogen-bond acceptors (Lipinski definition) is 3. The molecular weight excluding hydrogens is 253 g/mol. The van der Waals surface area contributed by atoms with Gasteiger partial charge in [0.2, 0.25) is 0 Å². The minimum Gasteiger partial charge on any atom is -0.495 e. The molecule has 0 amide bonds. The molecular formula is C10H11Cl2NO3. The van der Waals surface area contributed by atoms with Gasteiger partial charge in [-0.15, -0.1) is 0 Å². The van der Waals surface area contributed by atoms with Gasteiger partial charge >= 0.3 is 5.97 Å². The van der Waals surface area contributed by atoms with Crippen molar-refractivity contribution < 1.29 is 14.6 Å². The van der Waals surface area contributed by atoms with E-state index in [0.29, 0.717) is 21.4 Å². The van der Waals surface area contributed by atoms with Gasteiger partial charge in [-0.1, -0.05) is 23.2 Å². The van der Waals surface area contributed by atoms with Gasteiger partial charge in [-0.05, 0) is 18.1 Å². The highest BCUT2D eigenvalue weighted by Crippen LogP contribution is 2.32. The third kappa shape index (κ3) is 3.01. The first kappa shape index (κ1) is 13.1. The van der Waals surface area contributed by atoms with Crippen LogP contribution < -0.4 is 10.5 Å². The molecule has 0 saturated carbocycles. The number of ether oxygens (including phenoxy) is 1. The Labute approximate surface area is 103 Å². The van der Waals surface area contributed by atoms with Crippen molar-refractivity contribution in [1.82, 2.24) is 0 Å². The molecule has 0 saturated heterocycles. The van der Waals surface area contributed by atoms with Gasteiger partial charge in [0.15, 0.2) is 0 Å². The maximum Gasteiger partial charge on any atom is 0.320 e. The van der Waals surface area contributed by atoms with E-state index in [1.165, 1.54) is 7.11 Å². The van der Waals surface area contributed by atoms with Crippen LogP contribution in [-0.2, 0) is 11.2 Å². The van der Waals surface area contributed by atoms with E-state index >= 15 is 0 Å². The van der Waals surface area contributed by atoms with Gasteiger partial charge in [0.25, 0.3) is 0 Å². The zero-order valence-electron chi connectivity index (χ0n) is 8.54. The Morgan fingerprint density at radius 3 is 2.69 bits per heavy atom. The number of hydrogen-bond donors (Lipinski definition) is 2. The lowest BCUT2D eigenvalue weighted by Crippen LogP contribution is -2.32. The average molecular weight is 264 g/mol. The lowest BCUT2D eigenvalue weighted by molar-refractivity contribution is -0.138. The van der Waals surface area contributed by atoms with E-state index in [1.54, 1.807) is 12.1 Å². The van der Waals surface area contributed by atoms with Crippen LogP contribution in [-0.4, -0.2) is 24.2 Å². The van der Waals surface area contributed by atoms with Crippen LogP contribution in [0.1, 0.15) is 5.56 Å². The lowest BCUT2D eigenvalue weighted by Gasteiger charge is -2.11. The molecule has 0 bridgehead atoms. The molecule has 0 radical (unpaired) electrons. The third-order valence-electron chi connectivity index (χ3n) is 2.06. The van der Waals surface area contributed by atoms with E-state index < -0.39 is 12.0 Å². The van der Waals surface area contributed by atoms with E-state index in [0.717, 1.165) is 0 Å². The number of carbonyl (C=O) groups is 1. The second-order valence-electron chi connectivity index (χ2n) is 3.23. The smallest absolute Gasteiger partial charge is 0.320 e. The molecule has 0 spiro atoms. The number of halogens is 2. The Hall–Kier alpha value is -0.970. The Bertz CT molecular complexity index is 409. The highest BCUT2D eigenvalue weighted by Gasteiger charge is 2.16. The number of nitrogens with two attached hydrogens (primary N) is 1. The van der Waals surface area contributed by atoms with Crippen molar-refractivity contribution >= 4 is 29.2 Å². The van der Waals surface area contributed by atoms with Crippen molar-refractivity contribution in [2.45, 2.75) is 12.5 Å². The molecule has 0 aliphatic heterocycles. The quantitative estimate of drug-likeness (QED) is 0.871. The van der Waals surface area contributed by atoms with E-state index in [9.17, 15) is 4.79 Å². The normalized spacial score (nSPS) is 12.2. The molecule has 1 unspecified atom stereocenters. The van der Waals surface area contributed by atoms with Crippen molar-refractivity contribution in [2.24, 2.45) is 5.73 Å². The zero-order valence-corrected chi connectivity index (χ0v) is 10.0. The molecule has 1 aromatic carbocycles. The summed E-state index contributed by atoms with van der Waals surface area (Å²) in [4.78, 5) is 10.6. The summed E-state index contributed by atoms with van der Waals surface area (Å²) in [6.45, 7) is 0. The fourth-order valence-electron chi connectivity index (χ4n) is 1.24. The van der Waals surface area contributed by atoms with Crippen molar-refractivity contribution in [3.8, 4) is 5.75 Å². The minimum atomic E-state index is -1.09. The number of methoxy groups -OCH3 is 1. The molecule has 3 N–H and O–H groups in total. The molecule has 6 heteroatoms. The number of carboxylic acids is 1. The topological polar surface area (TPSA) is 72.5 Å². The minimum absolute atomic E-state index is 0.102. The first-order valence-electron chi connectivity index (χ1n) is 4.46. The maximum atomic E-state index is 10.6. The lowest BCUT2D eigenvalue weighted by atomic mass is 10.1. The molecule has 1 atom stereocenters. The van der Waals surface area contributed by atoms with Gasteiger partial charge in [-0.25, -0.2) is 0 Å². The number of benzene rings is 1. The van der Waals surface area contributed by atoms with Gasteiger partial charge in [0.05, 0.1) is 12.1 Å². The highest BCUT2D eigenvalue weighted by atomic mass is 35.5. The molecule has 0 aromatic heterocycles. The Morgan fingerprint density at radius 1 is 1.56 bits per heavy atom. The van der Waals surface area contributed by atoms with Crippen molar-refractivity contribution in [2.75, 3.05) is 7.11 Å². The molecule has 0 aliphatic rings. The molecule has 0 aliphatic carbocycles. The van der Waals surface area contributed by atoms with Crippen LogP contribution in [0.4, 0.5) is 0 Å². The van der Waals surface area contributed by atoms with Gasteiger partial charge in [0, 0.05) is 11.1 Å². The van der Waals surface area contributed by atoms with E-state index in [1.807, 2.05) is 0 Å². The maximum absolute atomic E-state index is 10.6. The van der Waals surface area contributed by atoms with Crippen molar-refractivity contribution in [3.05, 3.63) is 27.7 Å². The summed E-state index contributed by atoms with van der Waals surface area (Å²) in [5, 5.41) is 9.46. The zero-order chi connectivity index (χ0) is 12.3. The second kappa shape index (κ2) is 5.39. The van der Waals surface area contributed by atoms with Crippen LogP contribution in [0.15, 0.2) is 12.1 Å². The Kier molecular flexibility index (Phi) is 4.41. The SMILES string of the molecule is COc1cc(Cl)cc(CC(N)C(=O)O)c1Cl. The molecule has 1 aromatic rings. The first-order valence-corrected chi connectivity index (χ1v) is 5.21. The predicted octanol–water partition coefficient (Wildman–Crippen LogP) is 1.96. The number of rotatable bonds is 4. The first-order chi connectivity index (χ1) is 7.45. The Balaban J connectivity index is 3.04. The van der Waals surface area contributed by atoms with Gasteiger partial charge in [-0.3, -0.25) is 4.79 Å². The fourth-order valence-corrected chi connectivity index (χ4v) is 1.73. The molecule has 88 valence electrons. The second-order valence-corrected chi connectivity index (χ2v) is 4.04. The Morgan fingerprint density at radius 2 is 2.19 bits per heavy atom. The molecule has 0 heterocycles. The third-order valence-corrected chi connectivity index (χ3v) is 2.70. The van der Waals surface area contributed by atoms with Crippen LogP contribution >= 0.6 is 23.2 Å². The van der Waals surface area contributed by atoms with E-state index in [-0.39, 0.29) is 6.42 Å². The van der Waals surface area contributed by atoms with Crippen LogP contribution in [0.2, 0.25) is 10.0 Å². The van der Waals surface area contributed by atoms with Crippen molar-refractivity contribution in [1.29, 1.82) is 0 Å². The van der Waals surface area contributed by atoms with Gasteiger partial charge in [0.1, 0.15) is 11.8 Å². The van der Waals surface area contributed by atoms with Gasteiger partial charge in [-0.2, -0.15) is 0 Å². The molecule has 0 fully saturated rings. The predicted molar refractivity (Wildman–Crippen MR) is 62.3 cm³/mol. The summed E-state index contributed by atoms with van der Waals surface area (Å²) in [5.74, 6) is -0.684. The standard InChI is InChI=1S/C10H11Cl2NO3/c1-16-8-4-6(11)2-5(9(8)12)3-7(13)10(14)15/h2,4,7H,3,13H2,1H3,(H,14,15). The summed E-state index contributed by atoms with van der Waals surface area (Å²) in [5.41, 5.74) is 5.97. The summed E-state index contributed by atoms with van der Waals surface area (Å²) in [6.07, 6.45) is 0.102. The van der Waals surface area contributed by atoms with Crippen LogP contribution in [0.25, 0.3) is 0 Å². The summed E-state index contributed by atoms with van der Waals surface area (Å²) in [7, 11) is 1.46. The van der Waals surface area contributed by atoms with Crippen LogP contribution in [0, 0.1) is 0 Å². The monoisotopic (exact) mass is 263 g/mol. The largest absolute Gasteiger partial charge is 0.495 e. The van der Waals surface area contributed by atoms with E-state index in [2.05, 4.69) is 0 Å². The summed E-state index contributed by atoms with van der Waals surface area (Å²) in [6, 6.07) is 2.12. The fraction of sp³-hybridized carbons (Fsp3) is 0.300. The molecule has 4 nitrogen and oxygen atoms in total. The average Bonchev–Trinajstić information content (AvgIpc) is 2.22. The van der Waals surface area contributed by atoms with Crippen molar-refractivity contribution in [3.63, 3.8) is 0 Å². The number of carboxylic acid groups (broad SMARTS) is 1. The molecule has 1 rings (SSSR count). The van der Waals surface area contributed by atoms with E-state index in [4.69, 9.17) is 38.8 Å². The summed E-state index contributed by atoms with van der Waals surface area (Å²) >= 11 is 11.8. The van der Waals surface area contributed by atoms with Gasteiger partial charge < -0.3 is 15.6 Å². The summed E-state index contributed by atoms with van der Waals surface area (Å²) < 4.78 is 5.00.